The molecule has 0 saturated carbocycles. The summed E-state index contributed by atoms with van der Waals surface area (Å²) in [5, 5.41) is 3.58. The third-order valence-electron chi connectivity index (χ3n) is 4.65. The average Bonchev–Trinajstić information content (AvgIpc) is 2.62. The van der Waals surface area contributed by atoms with E-state index in [0.29, 0.717) is 30.2 Å². The topological polar surface area (TPSA) is 52.7 Å². The highest BCUT2D eigenvalue weighted by atomic mass is 35.5. The van der Waals surface area contributed by atoms with Gasteiger partial charge < -0.3 is 15.1 Å². The van der Waals surface area contributed by atoms with Gasteiger partial charge in [-0.15, -0.1) is 11.8 Å². The van der Waals surface area contributed by atoms with Crippen molar-refractivity contribution in [1.29, 1.82) is 0 Å². The fourth-order valence-corrected chi connectivity index (χ4v) is 4.00. The molecular weight excluding hydrogens is 346 g/mol. The standard InChI is InChI=1S/C17H22ClN3O2S/c1-24-13-4-5-15(18)14(9-13)17(23)20-7-2-3-12(11-20)21-8-6-19-10-16(21)22/h4-5,9,12,19H,2-3,6-8,10-11H2,1H3. The van der Waals surface area contributed by atoms with E-state index in [1.165, 1.54) is 0 Å². The highest BCUT2D eigenvalue weighted by Crippen LogP contribution is 2.26. The third kappa shape index (κ3) is 3.71. The van der Waals surface area contributed by atoms with E-state index in [-0.39, 0.29) is 17.9 Å². The van der Waals surface area contributed by atoms with Crippen LogP contribution in [0.1, 0.15) is 23.2 Å². The Morgan fingerprint density at radius 3 is 2.96 bits per heavy atom. The lowest BCUT2D eigenvalue weighted by Crippen LogP contribution is -2.57. The number of piperazine rings is 1. The molecule has 3 rings (SSSR count). The van der Waals surface area contributed by atoms with Gasteiger partial charge in [-0.2, -0.15) is 0 Å². The molecule has 0 radical (unpaired) electrons. The number of piperidine rings is 1. The van der Waals surface area contributed by atoms with Crippen molar-refractivity contribution in [3.05, 3.63) is 28.8 Å². The number of thioether (sulfide) groups is 1. The van der Waals surface area contributed by atoms with Crippen LogP contribution >= 0.6 is 23.4 Å². The first-order valence-electron chi connectivity index (χ1n) is 8.23. The van der Waals surface area contributed by atoms with Gasteiger partial charge in [0, 0.05) is 37.1 Å². The SMILES string of the molecule is CSc1ccc(Cl)c(C(=O)N2CCCC(N3CCNCC3=O)C2)c1. The maximum absolute atomic E-state index is 12.9. The smallest absolute Gasteiger partial charge is 0.255 e. The molecule has 2 amide bonds. The predicted octanol–water partition coefficient (Wildman–Crippen LogP) is 2.10. The van der Waals surface area contributed by atoms with Crippen LogP contribution in [0.15, 0.2) is 23.1 Å². The molecule has 1 aromatic rings. The molecular formula is C17H22ClN3O2S. The highest BCUT2D eigenvalue weighted by molar-refractivity contribution is 7.98. The number of benzene rings is 1. The van der Waals surface area contributed by atoms with Crippen LogP contribution < -0.4 is 5.32 Å². The van der Waals surface area contributed by atoms with Gasteiger partial charge >= 0.3 is 0 Å². The molecule has 0 spiro atoms. The number of rotatable bonds is 3. The Bertz CT molecular complexity index is 640. The van der Waals surface area contributed by atoms with Gasteiger partial charge in [0.1, 0.15) is 0 Å². The monoisotopic (exact) mass is 367 g/mol. The normalized spacial score (nSPS) is 21.9. The summed E-state index contributed by atoms with van der Waals surface area (Å²) in [6.45, 7) is 3.23. The first kappa shape index (κ1) is 17.6. The Kier molecular flexibility index (Phi) is 5.69. The number of carbonyl (C=O) groups excluding carboxylic acids is 2. The van der Waals surface area contributed by atoms with Crippen LogP contribution in [0.25, 0.3) is 0 Å². The molecule has 2 aliphatic heterocycles. The van der Waals surface area contributed by atoms with E-state index < -0.39 is 0 Å². The maximum Gasteiger partial charge on any atom is 0.255 e. The zero-order valence-electron chi connectivity index (χ0n) is 13.8. The molecule has 2 saturated heterocycles. The van der Waals surface area contributed by atoms with Crippen molar-refractivity contribution in [2.24, 2.45) is 0 Å². The second-order valence-corrected chi connectivity index (χ2v) is 7.44. The minimum absolute atomic E-state index is 0.0387. The molecule has 5 nitrogen and oxygen atoms in total. The Balaban J connectivity index is 1.74. The lowest BCUT2D eigenvalue weighted by atomic mass is 10.0. The maximum atomic E-state index is 12.9. The van der Waals surface area contributed by atoms with Crippen LogP contribution in [0, 0.1) is 0 Å². The molecule has 0 aliphatic carbocycles. The number of hydrogen-bond acceptors (Lipinski definition) is 4. The summed E-state index contributed by atoms with van der Waals surface area (Å²) < 4.78 is 0. The summed E-state index contributed by atoms with van der Waals surface area (Å²) in [5.74, 6) is 0.0890. The van der Waals surface area contributed by atoms with Crippen LogP contribution in [0.2, 0.25) is 5.02 Å². The molecule has 130 valence electrons. The van der Waals surface area contributed by atoms with E-state index in [1.54, 1.807) is 17.8 Å². The van der Waals surface area contributed by atoms with Crippen LogP contribution in [0.3, 0.4) is 0 Å². The summed E-state index contributed by atoms with van der Waals surface area (Å²) in [4.78, 5) is 29.8. The Hall–Kier alpha value is -1.24. The van der Waals surface area contributed by atoms with Gasteiger partial charge in [0.2, 0.25) is 5.91 Å². The number of hydrogen-bond donors (Lipinski definition) is 1. The van der Waals surface area contributed by atoms with E-state index in [4.69, 9.17) is 11.6 Å². The van der Waals surface area contributed by atoms with Crippen molar-refractivity contribution < 1.29 is 9.59 Å². The largest absolute Gasteiger partial charge is 0.337 e. The van der Waals surface area contributed by atoms with Crippen molar-refractivity contribution in [3.63, 3.8) is 0 Å². The van der Waals surface area contributed by atoms with Crippen LogP contribution in [0.5, 0.6) is 0 Å². The number of likely N-dealkylation sites (tertiary alicyclic amines) is 1. The molecule has 2 heterocycles. The second kappa shape index (κ2) is 7.76. The van der Waals surface area contributed by atoms with Gasteiger partial charge in [0.25, 0.3) is 5.91 Å². The fourth-order valence-electron chi connectivity index (χ4n) is 3.37. The summed E-state index contributed by atoms with van der Waals surface area (Å²) in [5.41, 5.74) is 0.552. The van der Waals surface area contributed by atoms with Crippen molar-refractivity contribution in [2.45, 2.75) is 23.8 Å². The molecule has 2 fully saturated rings. The molecule has 1 N–H and O–H groups in total. The number of halogens is 1. The van der Waals surface area contributed by atoms with Crippen molar-refractivity contribution >= 4 is 35.2 Å². The summed E-state index contributed by atoms with van der Waals surface area (Å²) >= 11 is 7.84. The highest BCUT2D eigenvalue weighted by Gasteiger charge is 2.32. The molecule has 1 aromatic carbocycles. The summed E-state index contributed by atoms with van der Waals surface area (Å²) in [6.07, 6.45) is 3.84. The van der Waals surface area contributed by atoms with E-state index in [2.05, 4.69) is 5.32 Å². The number of carbonyl (C=O) groups is 2. The van der Waals surface area contributed by atoms with Gasteiger partial charge in [-0.1, -0.05) is 11.6 Å². The fraction of sp³-hybridized carbons (Fsp3) is 0.529. The predicted molar refractivity (Wildman–Crippen MR) is 96.7 cm³/mol. The van der Waals surface area contributed by atoms with Crippen LogP contribution in [0.4, 0.5) is 0 Å². The molecule has 0 bridgehead atoms. The van der Waals surface area contributed by atoms with E-state index >= 15 is 0 Å². The van der Waals surface area contributed by atoms with Gasteiger partial charge in [-0.25, -0.2) is 0 Å². The Morgan fingerprint density at radius 2 is 2.21 bits per heavy atom. The molecule has 0 aromatic heterocycles. The van der Waals surface area contributed by atoms with Gasteiger partial charge in [0.05, 0.1) is 17.1 Å². The number of amides is 2. The number of nitrogens with zero attached hydrogens (tertiary/aromatic N) is 2. The molecule has 2 aliphatic rings. The van der Waals surface area contributed by atoms with Crippen LogP contribution in [-0.2, 0) is 4.79 Å². The lowest BCUT2D eigenvalue weighted by molar-refractivity contribution is -0.135. The first-order valence-corrected chi connectivity index (χ1v) is 9.83. The molecule has 1 atom stereocenters. The molecule has 24 heavy (non-hydrogen) atoms. The lowest BCUT2D eigenvalue weighted by Gasteiger charge is -2.41. The van der Waals surface area contributed by atoms with Crippen LogP contribution in [-0.4, -0.2) is 66.6 Å². The summed E-state index contributed by atoms with van der Waals surface area (Å²) in [6, 6.07) is 5.67. The first-order chi connectivity index (χ1) is 11.6. The van der Waals surface area contributed by atoms with Crippen molar-refractivity contribution in [2.75, 3.05) is 39.0 Å². The molecule has 7 heteroatoms. The van der Waals surface area contributed by atoms with E-state index in [1.807, 2.05) is 28.2 Å². The van der Waals surface area contributed by atoms with Gasteiger partial charge in [-0.3, -0.25) is 9.59 Å². The van der Waals surface area contributed by atoms with E-state index in [0.717, 1.165) is 30.8 Å². The second-order valence-electron chi connectivity index (χ2n) is 6.16. The van der Waals surface area contributed by atoms with E-state index in [9.17, 15) is 9.59 Å². The number of nitrogens with one attached hydrogen (secondary N) is 1. The quantitative estimate of drug-likeness (QED) is 0.831. The Labute approximate surface area is 151 Å². The average molecular weight is 368 g/mol. The van der Waals surface area contributed by atoms with Gasteiger partial charge in [0.15, 0.2) is 0 Å². The minimum atomic E-state index is -0.0387. The summed E-state index contributed by atoms with van der Waals surface area (Å²) in [7, 11) is 0. The van der Waals surface area contributed by atoms with Crippen molar-refractivity contribution in [3.8, 4) is 0 Å². The zero-order chi connectivity index (χ0) is 17.1. The Morgan fingerprint density at radius 1 is 1.38 bits per heavy atom. The minimum Gasteiger partial charge on any atom is -0.337 e. The zero-order valence-corrected chi connectivity index (χ0v) is 15.3. The van der Waals surface area contributed by atoms with Gasteiger partial charge in [-0.05, 0) is 37.3 Å². The third-order valence-corrected chi connectivity index (χ3v) is 5.71. The van der Waals surface area contributed by atoms with Crippen molar-refractivity contribution in [1.82, 2.24) is 15.1 Å². The molecule has 1 unspecified atom stereocenters.